The summed E-state index contributed by atoms with van der Waals surface area (Å²) < 4.78 is 0. The van der Waals surface area contributed by atoms with Crippen molar-refractivity contribution in [2.24, 2.45) is 4.99 Å². The van der Waals surface area contributed by atoms with E-state index in [4.69, 9.17) is 17.2 Å². The third-order valence-electron chi connectivity index (χ3n) is 4.76. The molecule has 0 amide bonds. The Hall–Kier alpha value is -1.91. The Morgan fingerprint density at radius 1 is 1.00 bits per heavy atom. The van der Waals surface area contributed by atoms with Gasteiger partial charge in [0.2, 0.25) is 0 Å². The molecule has 2 aromatic carbocycles. The van der Waals surface area contributed by atoms with Crippen molar-refractivity contribution in [3.63, 3.8) is 0 Å². The van der Waals surface area contributed by atoms with Gasteiger partial charge < -0.3 is 10.6 Å². The average molecular weight is 402 g/mol. The minimum Gasteiger partial charge on any atom is -0.360 e. The second kappa shape index (κ2) is 11.1. The Labute approximate surface area is 174 Å². The van der Waals surface area contributed by atoms with Crippen LogP contribution in [0.25, 0.3) is 0 Å². The molecule has 0 unspecified atom stereocenters. The van der Waals surface area contributed by atoms with Crippen LogP contribution in [-0.2, 0) is 6.54 Å². The highest BCUT2D eigenvalue weighted by Gasteiger charge is 2.15. The fraction of sp³-hybridized carbons (Fsp3) is 0.364. The van der Waals surface area contributed by atoms with Gasteiger partial charge in [0.05, 0.1) is 6.54 Å². The van der Waals surface area contributed by atoms with Gasteiger partial charge in [0, 0.05) is 11.6 Å². The van der Waals surface area contributed by atoms with Crippen molar-refractivity contribution in [3.05, 3.63) is 71.3 Å². The maximum Gasteiger partial charge on any atom is 0.172 e. The molecular formula is C22H28ClN3S. The van der Waals surface area contributed by atoms with E-state index in [1.54, 1.807) is 0 Å². The first kappa shape index (κ1) is 21.4. The summed E-state index contributed by atoms with van der Waals surface area (Å²) in [4.78, 5) is 4.80. The summed E-state index contributed by atoms with van der Waals surface area (Å²) in [5, 5.41) is 7.48. The Morgan fingerprint density at radius 3 is 2.33 bits per heavy atom. The van der Waals surface area contributed by atoms with E-state index in [2.05, 4.69) is 54.0 Å². The van der Waals surface area contributed by atoms with E-state index in [9.17, 15) is 0 Å². The molecule has 2 aromatic rings. The molecule has 144 valence electrons. The fourth-order valence-electron chi connectivity index (χ4n) is 3.24. The van der Waals surface area contributed by atoms with Crippen molar-refractivity contribution >= 4 is 35.6 Å². The van der Waals surface area contributed by atoms with Crippen LogP contribution in [0.15, 0.2) is 59.6 Å². The first-order valence-corrected chi connectivity index (χ1v) is 9.84. The summed E-state index contributed by atoms with van der Waals surface area (Å²) in [6, 6.07) is 19.2. The molecular weight excluding hydrogens is 374 g/mol. The lowest BCUT2D eigenvalue weighted by Gasteiger charge is -2.24. The first-order valence-electron chi connectivity index (χ1n) is 9.43. The summed E-state index contributed by atoms with van der Waals surface area (Å²) in [7, 11) is 0. The van der Waals surface area contributed by atoms with Gasteiger partial charge in [-0.3, -0.25) is 4.99 Å². The molecule has 5 heteroatoms. The van der Waals surface area contributed by atoms with Crippen molar-refractivity contribution < 1.29 is 0 Å². The summed E-state index contributed by atoms with van der Waals surface area (Å²) in [5.74, 6) is 0.821. The van der Waals surface area contributed by atoms with Crippen molar-refractivity contribution in [1.82, 2.24) is 10.6 Å². The van der Waals surface area contributed by atoms with Gasteiger partial charge in [0.1, 0.15) is 5.84 Å². The molecule has 0 atom stereocenters. The highest BCUT2D eigenvalue weighted by molar-refractivity contribution is 7.80. The Balaban J connectivity index is 0.00000261. The van der Waals surface area contributed by atoms with E-state index in [0.29, 0.717) is 17.7 Å². The second-order valence-corrected chi connectivity index (χ2v) is 7.36. The maximum atomic E-state index is 5.56. The zero-order valence-electron chi connectivity index (χ0n) is 15.8. The lowest BCUT2D eigenvalue weighted by Crippen LogP contribution is -2.45. The summed E-state index contributed by atoms with van der Waals surface area (Å²) in [6.07, 6.45) is 6.30. The van der Waals surface area contributed by atoms with E-state index in [1.165, 1.54) is 43.2 Å². The van der Waals surface area contributed by atoms with E-state index < -0.39 is 0 Å². The number of benzene rings is 2. The quantitative estimate of drug-likeness (QED) is 0.422. The second-order valence-electron chi connectivity index (χ2n) is 6.95. The molecule has 0 radical (unpaired) electrons. The number of aliphatic imine (C=N–C) groups is 1. The predicted molar refractivity (Wildman–Crippen MR) is 121 cm³/mol. The van der Waals surface area contributed by atoms with Gasteiger partial charge in [-0.25, -0.2) is 0 Å². The van der Waals surface area contributed by atoms with Gasteiger partial charge in [-0.1, -0.05) is 79.4 Å². The molecule has 0 heterocycles. The number of nitrogens with zero attached hydrogens (tertiary/aromatic N) is 1. The third-order valence-corrected chi connectivity index (χ3v) is 4.98. The third kappa shape index (κ3) is 6.96. The maximum absolute atomic E-state index is 5.56. The Kier molecular flexibility index (Phi) is 8.76. The normalized spacial score (nSPS) is 14.9. The van der Waals surface area contributed by atoms with Crippen LogP contribution >= 0.6 is 24.6 Å². The molecule has 2 N–H and O–H groups in total. The molecule has 3 nitrogen and oxygen atoms in total. The SMILES string of the molecule is Cc1ccc(C(=NCc2ccccc2)NC(=S)NC2CCCCC2)cc1.Cl. The summed E-state index contributed by atoms with van der Waals surface area (Å²) in [5.41, 5.74) is 3.48. The minimum absolute atomic E-state index is 0. The van der Waals surface area contributed by atoms with E-state index >= 15 is 0 Å². The largest absolute Gasteiger partial charge is 0.360 e. The van der Waals surface area contributed by atoms with Crippen LogP contribution < -0.4 is 10.6 Å². The van der Waals surface area contributed by atoms with E-state index in [0.717, 1.165) is 11.4 Å². The van der Waals surface area contributed by atoms with Crippen molar-refractivity contribution in [1.29, 1.82) is 0 Å². The molecule has 1 aliphatic rings. The van der Waals surface area contributed by atoms with Crippen LogP contribution in [-0.4, -0.2) is 17.0 Å². The molecule has 3 rings (SSSR count). The van der Waals surface area contributed by atoms with Gasteiger partial charge in [0.25, 0.3) is 0 Å². The number of amidine groups is 1. The standard InChI is InChI=1S/C22H27N3S.ClH/c1-17-12-14-19(15-13-17)21(23-16-18-8-4-2-5-9-18)25-22(26)24-20-10-6-3-7-11-20;/h2,4-5,8-9,12-15,20H,3,6-7,10-11,16H2,1H3,(H2,23,24,25,26);1H. The predicted octanol–water partition coefficient (Wildman–Crippen LogP) is 5.16. The highest BCUT2D eigenvalue weighted by atomic mass is 35.5. The number of halogens is 1. The van der Waals surface area contributed by atoms with Gasteiger partial charge in [-0.2, -0.15) is 0 Å². The first-order chi connectivity index (χ1) is 12.7. The van der Waals surface area contributed by atoms with Crippen LogP contribution in [0.5, 0.6) is 0 Å². The smallest absolute Gasteiger partial charge is 0.172 e. The number of hydrogen-bond acceptors (Lipinski definition) is 2. The summed E-state index contributed by atoms with van der Waals surface area (Å²) in [6.45, 7) is 2.72. The van der Waals surface area contributed by atoms with Gasteiger partial charge in [0.15, 0.2) is 5.11 Å². The number of aryl methyl sites for hydroxylation is 1. The summed E-state index contributed by atoms with van der Waals surface area (Å²) >= 11 is 5.56. The van der Waals surface area contributed by atoms with E-state index in [-0.39, 0.29) is 12.4 Å². The minimum atomic E-state index is 0. The van der Waals surface area contributed by atoms with Gasteiger partial charge in [-0.15, -0.1) is 12.4 Å². The molecule has 0 aliphatic heterocycles. The topological polar surface area (TPSA) is 36.4 Å². The molecule has 0 saturated heterocycles. The van der Waals surface area contributed by atoms with Crippen molar-refractivity contribution in [2.45, 2.75) is 51.6 Å². The van der Waals surface area contributed by atoms with Crippen molar-refractivity contribution in [3.8, 4) is 0 Å². The molecule has 27 heavy (non-hydrogen) atoms. The zero-order chi connectivity index (χ0) is 18.2. The van der Waals surface area contributed by atoms with Crippen LogP contribution in [0.4, 0.5) is 0 Å². The number of nitrogens with one attached hydrogen (secondary N) is 2. The molecule has 1 fully saturated rings. The Morgan fingerprint density at radius 2 is 1.67 bits per heavy atom. The zero-order valence-corrected chi connectivity index (χ0v) is 17.4. The van der Waals surface area contributed by atoms with Gasteiger partial charge >= 0.3 is 0 Å². The molecule has 0 spiro atoms. The fourth-order valence-corrected chi connectivity index (χ4v) is 3.51. The van der Waals surface area contributed by atoms with Crippen LogP contribution in [0, 0.1) is 6.92 Å². The number of rotatable bonds is 4. The van der Waals surface area contributed by atoms with Gasteiger partial charge in [-0.05, 0) is 37.5 Å². The monoisotopic (exact) mass is 401 g/mol. The van der Waals surface area contributed by atoms with Crippen LogP contribution in [0.3, 0.4) is 0 Å². The van der Waals surface area contributed by atoms with Crippen LogP contribution in [0.1, 0.15) is 48.8 Å². The van der Waals surface area contributed by atoms with Crippen LogP contribution in [0.2, 0.25) is 0 Å². The lowest BCUT2D eigenvalue weighted by atomic mass is 9.96. The van der Waals surface area contributed by atoms with E-state index in [1.807, 2.05) is 18.2 Å². The number of thiocarbonyl (C=S) groups is 1. The molecule has 0 aromatic heterocycles. The highest BCUT2D eigenvalue weighted by Crippen LogP contribution is 2.17. The number of hydrogen-bond donors (Lipinski definition) is 2. The lowest BCUT2D eigenvalue weighted by molar-refractivity contribution is 0.413. The molecule has 0 bridgehead atoms. The van der Waals surface area contributed by atoms with Crippen molar-refractivity contribution in [2.75, 3.05) is 0 Å². The molecule has 1 aliphatic carbocycles. The molecule has 1 saturated carbocycles. The Bertz CT molecular complexity index is 738. The average Bonchev–Trinajstić information content (AvgIpc) is 2.67.